The summed E-state index contributed by atoms with van der Waals surface area (Å²) < 4.78 is 16.7. The van der Waals surface area contributed by atoms with E-state index in [0.29, 0.717) is 10.7 Å². The van der Waals surface area contributed by atoms with Crippen LogP contribution in [0.25, 0.3) is 11.3 Å². The first-order chi connectivity index (χ1) is 17.6. The molecule has 0 bridgehead atoms. The lowest BCUT2D eigenvalue weighted by molar-refractivity contribution is 0.0365. The summed E-state index contributed by atoms with van der Waals surface area (Å²) in [5.41, 5.74) is 2.30. The number of nitrogens with zero attached hydrogens (tertiary/aromatic N) is 3. The second kappa shape index (κ2) is 11.2. The molecule has 0 saturated carbocycles. The predicted molar refractivity (Wildman–Crippen MR) is 140 cm³/mol. The van der Waals surface area contributed by atoms with E-state index in [2.05, 4.69) is 20.1 Å². The van der Waals surface area contributed by atoms with Crippen molar-refractivity contribution in [2.24, 2.45) is 0 Å². The molecule has 2 aliphatic heterocycles. The summed E-state index contributed by atoms with van der Waals surface area (Å²) in [5, 5.41) is 4.19. The first-order valence-electron chi connectivity index (χ1n) is 12.2. The van der Waals surface area contributed by atoms with E-state index in [1.54, 1.807) is 18.3 Å². The summed E-state index contributed by atoms with van der Waals surface area (Å²) in [5.74, 6) is 1.18. The molecule has 2 fully saturated rings. The first-order valence-corrected chi connectivity index (χ1v) is 12.6. The number of furan rings is 1. The van der Waals surface area contributed by atoms with Crippen LogP contribution in [0.2, 0.25) is 0 Å². The maximum absolute atomic E-state index is 11.8. The minimum Gasteiger partial charge on any atom is -0.465 e. The smallest absolute Gasteiger partial charge is 0.337 e. The summed E-state index contributed by atoms with van der Waals surface area (Å²) in [6.07, 6.45) is 2.78. The van der Waals surface area contributed by atoms with Crippen molar-refractivity contribution in [3.63, 3.8) is 0 Å². The third-order valence-electron chi connectivity index (χ3n) is 6.68. The standard InChI is InChI=1S/C27H30N4O4S/c1-33-26(32)20-8-6-19(7-9-20)22-10-11-23(35-22)25-24(21-5-2-3-12-28-21)29-27(36)31(25)14-4-13-30-15-17-34-18-16-30/h2-3,5-12,24-25H,4,13-18H2,1H3,(H,29,36)/t24-,25+/m1/s1. The zero-order valence-corrected chi connectivity index (χ0v) is 21.1. The van der Waals surface area contributed by atoms with Gasteiger partial charge in [0.1, 0.15) is 17.6 Å². The maximum Gasteiger partial charge on any atom is 0.337 e. The van der Waals surface area contributed by atoms with Crippen molar-refractivity contribution >= 4 is 23.3 Å². The SMILES string of the molecule is COC(=O)c1ccc(-c2ccc([C@H]3[C@@H](c4ccccn4)NC(=S)N3CCCN3CCOCC3)o2)cc1. The number of hydrogen-bond donors (Lipinski definition) is 1. The number of rotatable bonds is 8. The number of benzene rings is 1. The molecular weight excluding hydrogens is 476 g/mol. The van der Waals surface area contributed by atoms with Crippen LogP contribution in [0.1, 0.15) is 40.3 Å². The number of nitrogens with one attached hydrogen (secondary N) is 1. The monoisotopic (exact) mass is 506 g/mol. The quantitative estimate of drug-likeness (QED) is 0.362. The van der Waals surface area contributed by atoms with E-state index in [4.69, 9.17) is 26.1 Å². The average molecular weight is 507 g/mol. The molecule has 0 radical (unpaired) electrons. The number of morpholine rings is 1. The van der Waals surface area contributed by atoms with Crippen LogP contribution < -0.4 is 5.32 Å². The molecule has 188 valence electrons. The topological polar surface area (TPSA) is 80.1 Å². The molecule has 2 atom stereocenters. The van der Waals surface area contributed by atoms with Gasteiger partial charge in [0.05, 0.1) is 37.6 Å². The number of thiocarbonyl (C=S) groups is 1. The maximum atomic E-state index is 11.8. The fraction of sp³-hybridized carbons (Fsp3) is 0.370. The molecule has 4 heterocycles. The summed E-state index contributed by atoms with van der Waals surface area (Å²) in [6, 6.07) is 16.8. The average Bonchev–Trinajstić information content (AvgIpc) is 3.54. The largest absolute Gasteiger partial charge is 0.465 e. The van der Waals surface area contributed by atoms with Crippen LogP contribution in [0.3, 0.4) is 0 Å². The van der Waals surface area contributed by atoms with Crippen LogP contribution in [-0.4, -0.2) is 72.4 Å². The number of pyridine rings is 1. The number of esters is 1. The van der Waals surface area contributed by atoms with Crippen LogP contribution in [0.15, 0.2) is 65.2 Å². The van der Waals surface area contributed by atoms with Crippen molar-refractivity contribution in [1.29, 1.82) is 0 Å². The zero-order chi connectivity index (χ0) is 24.9. The molecule has 2 aliphatic rings. The van der Waals surface area contributed by atoms with Gasteiger partial charge in [0, 0.05) is 37.9 Å². The van der Waals surface area contributed by atoms with Crippen molar-refractivity contribution in [2.75, 3.05) is 46.5 Å². The van der Waals surface area contributed by atoms with Crippen LogP contribution in [-0.2, 0) is 9.47 Å². The van der Waals surface area contributed by atoms with Gasteiger partial charge in [-0.1, -0.05) is 18.2 Å². The Morgan fingerprint density at radius 3 is 2.64 bits per heavy atom. The molecule has 0 amide bonds. The van der Waals surface area contributed by atoms with E-state index >= 15 is 0 Å². The van der Waals surface area contributed by atoms with Gasteiger partial charge in [-0.2, -0.15) is 0 Å². The predicted octanol–water partition coefficient (Wildman–Crippen LogP) is 3.82. The molecule has 0 unspecified atom stereocenters. The lowest BCUT2D eigenvalue weighted by atomic mass is 10.0. The van der Waals surface area contributed by atoms with E-state index in [-0.39, 0.29) is 18.1 Å². The third kappa shape index (κ3) is 5.28. The Balaban J connectivity index is 1.38. The first kappa shape index (κ1) is 24.4. The zero-order valence-electron chi connectivity index (χ0n) is 20.3. The number of aromatic nitrogens is 1. The number of hydrogen-bond acceptors (Lipinski definition) is 7. The molecule has 0 aliphatic carbocycles. The number of ether oxygens (including phenoxy) is 2. The molecule has 0 spiro atoms. The Morgan fingerprint density at radius 2 is 1.92 bits per heavy atom. The molecule has 9 heteroatoms. The highest BCUT2D eigenvalue weighted by Gasteiger charge is 2.41. The van der Waals surface area contributed by atoms with Crippen LogP contribution in [0.5, 0.6) is 0 Å². The van der Waals surface area contributed by atoms with E-state index in [1.807, 2.05) is 42.5 Å². The normalized spacial score (nSPS) is 20.4. The van der Waals surface area contributed by atoms with Crippen LogP contribution in [0.4, 0.5) is 0 Å². The second-order valence-electron chi connectivity index (χ2n) is 8.90. The summed E-state index contributed by atoms with van der Waals surface area (Å²) >= 11 is 5.78. The van der Waals surface area contributed by atoms with Crippen molar-refractivity contribution in [2.45, 2.75) is 18.5 Å². The fourth-order valence-electron chi connectivity index (χ4n) is 4.80. The van der Waals surface area contributed by atoms with Gasteiger partial charge in [-0.3, -0.25) is 9.88 Å². The Kier molecular flexibility index (Phi) is 7.60. The molecule has 36 heavy (non-hydrogen) atoms. The molecule has 2 aromatic heterocycles. The summed E-state index contributed by atoms with van der Waals surface area (Å²) in [4.78, 5) is 21.0. The van der Waals surface area contributed by atoms with Crippen molar-refractivity contribution < 1.29 is 18.7 Å². The third-order valence-corrected chi connectivity index (χ3v) is 7.04. The minimum atomic E-state index is -0.363. The highest BCUT2D eigenvalue weighted by atomic mass is 32.1. The van der Waals surface area contributed by atoms with Gasteiger partial charge in [-0.05, 0) is 55.0 Å². The Labute approximate surface area is 216 Å². The van der Waals surface area contributed by atoms with E-state index in [1.165, 1.54) is 7.11 Å². The lowest BCUT2D eigenvalue weighted by Gasteiger charge is -2.29. The lowest BCUT2D eigenvalue weighted by Crippen LogP contribution is -2.38. The van der Waals surface area contributed by atoms with Crippen molar-refractivity contribution in [1.82, 2.24) is 20.1 Å². The van der Waals surface area contributed by atoms with Gasteiger partial charge in [0.2, 0.25) is 0 Å². The molecule has 8 nitrogen and oxygen atoms in total. The van der Waals surface area contributed by atoms with E-state index < -0.39 is 0 Å². The number of carbonyl (C=O) groups excluding carboxylic acids is 1. The van der Waals surface area contributed by atoms with Crippen molar-refractivity contribution in [3.8, 4) is 11.3 Å². The minimum absolute atomic E-state index is 0.122. The summed E-state index contributed by atoms with van der Waals surface area (Å²) in [7, 11) is 1.37. The fourth-order valence-corrected chi connectivity index (χ4v) is 5.13. The van der Waals surface area contributed by atoms with E-state index in [0.717, 1.165) is 68.6 Å². The highest BCUT2D eigenvalue weighted by molar-refractivity contribution is 7.80. The molecular formula is C27H30N4O4S. The van der Waals surface area contributed by atoms with Gasteiger partial charge in [-0.15, -0.1) is 0 Å². The Hall–Kier alpha value is -3.27. The van der Waals surface area contributed by atoms with Gasteiger partial charge < -0.3 is 24.1 Å². The molecule has 1 N–H and O–H groups in total. The molecule has 1 aromatic carbocycles. The second-order valence-corrected chi connectivity index (χ2v) is 9.29. The van der Waals surface area contributed by atoms with Gasteiger partial charge >= 0.3 is 5.97 Å². The molecule has 2 saturated heterocycles. The Bertz CT molecular complexity index is 1180. The molecule has 3 aromatic rings. The van der Waals surface area contributed by atoms with Gasteiger partial charge in [-0.25, -0.2) is 4.79 Å². The van der Waals surface area contributed by atoms with Crippen molar-refractivity contribution in [3.05, 3.63) is 77.8 Å². The van der Waals surface area contributed by atoms with Crippen LogP contribution in [0, 0.1) is 0 Å². The molecule has 5 rings (SSSR count). The van der Waals surface area contributed by atoms with Gasteiger partial charge in [0.15, 0.2) is 5.11 Å². The van der Waals surface area contributed by atoms with Crippen LogP contribution >= 0.6 is 12.2 Å². The highest BCUT2D eigenvalue weighted by Crippen LogP contribution is 2.40. The van der Waals surface area contributed by atoms with E-state index in [9.17, 15) is 4.79 Å². The number of methoxy groups -OCH3 is 1. The Morgan fingerprint density at radius 1 is 1.11 bits per heavy atom. The number of carbonyl (C=O) groups is 1. The van der Waals surface area contributed by atoms with Gasteiger partial charge in [0.25, 0.3) is 0 Å². The summed E-state index contributed by atoms with van der Waals surface area (Å²) in [6.45, 7) is 5.34.